The molecule has 10 aromatic carbocycles. The Labute approximate surface area is 835 Å². The van der Waals surface area contributed by atoms with Gasteiger partial charge in [0.05, 0.1) is 36.3 Å². The molecule has 0 saturated heterocycles. The van der Waals surface area contributed by atoms with Crippen LogP contribution >= 0.6 is 86.9 Å². The highest BCUT2D eigenvalue weighted by atomic mass is 79.9. The minimum atomic E-state index is -0.582. The molecule has 710 valence electrons. The molecule has 10 atom stereocenters. The van der Waals surface area contributed by atoms with Crippen LogP contribution in [-0.4, -0.2) is 172 Å². The van der Waals surface area contributed by atoms with Gasteiger partial charge in [-0.1, -0.05) is 261 Å². The molecule has 32 heteroatoms. The Morgan fingerprint density at radius 3 is 1.01 bits per heavy atom. The SMILES string of the molecule is C.C.N[C@@H](COC=O)Cc1c[nH]c2ccccc12.N[C@H](Cc1c[nH]c2ccccc12)OC=O.O=COC[C@H]1Cc2c([nH]c3ccccc23)[C@@H](c2ccccc2Br)N1.O=COC[C@H]1Cc2c([nH]c3ccccc23)[C@@H](c2ccccc2Br)N1C(=O)CCl.O=COC[C@H]1Cc2c([nH]c3ccccc23)[C@H](c2ccccc2Br)N1.O=COC[C@H]1Cc2c([nH]c3ccccc23)[C@H](c2ccccc2Br)N1C(=O)CCl. The highest BCUT2D eigenvalue weighted by Crippen LogP contribution is 2.47. The van der Waals surface area contributed by atoms with Crippen molar-refractivity contribution in [3.63, 3.8) is 0 Å². The summed E-state index contributed by atoms with van der Waals surface area (Å²) < 4.78 is 33.4. The number of nitrogens with one attached hydrogen (secondary N) is 8. The van der Waals surface area contributed by atoms with Gasteiger partial charge in [-0.05, 0) is 148 Å². The van der Waals surface area contributed by atoms with Crippen LogP contribution in [0.25, 0.3) is 65.4 Å². The summed E-state index contributed by atoms with van der Waals surface area (Å²) in [4.78, 5) is 113. The highest BCUT2D eigenvalue weighted by molar-refractivity contribution is 9.11. The number of benzene rings is 10. The van der Waals surface area contributed by atoms with E-state index in [-0.39, 0.29) is 113 Å². The number of halogens is 6. The van der Waals surface area contributed by atoms with E-state index in [1.165, 1.54) is 49.8 Å². The molecule has 0 radical (unpaired) electrons. The van der Waals surface area contributed by atoms with Gasteiger partial charge in [0, 0.05) is 143 Å². The molecule has 12 N–H and O–H groups in total. The summed E-state index contributed by atoms with van der Waals surface area (Å²) >= 11 is 26.5. The molecular formula is C105H104Br4Cl2N12O14. The van der Waals surface area contributed by atoms with Crippen LogP contribution < -0.4 is 22.1 Å². The lowest BCUT2D eigenvalue weighted by Gasteiger charge is -2.42. The quantitative estimate of drug-likeness (QED) is 0.00989. The first-order chi connectivity index (χ1) is 66.0. The molecule has 20 rings (SSSR count). The van der Waals surface area contributed by atoms with Gasteiger partial charge in [-0.25, -0.2) is 0 Å². The Morgan fingerprint density at radius 2 is 0.664 bits per heavy atom. The van der Waals surface area contributed by atoms with Crippen molar-refractivity contribution in [2.45, 2.75) is 114 Å². The van der Waals surface area contributed by atoms with E-state index in [4.69, 9.17) is 53.6 Å². The molecule has 137 heavy (non-hydrogen) atoms. The van der Waals surface area contributed by atoms with Gasteiger partial charge in [-0.3, -0.25) is 54.7 Å². The van der Waals surface area contributed by atoms with Crippen LogP contribution in [0, 0.1) is 0 Å². The van der Waals surface area contributed by atoms with Crippen LogP contribution in [-0.2, 0) is 105 Å². The summed E-state index contributed by atoms with van der Waals surface area (Å²) in [6.07, 6.45) is 7.28. The van der Waals surface area contributed by atoms with E-state index in [0.717, 1.165) is 125 Å². The summed E-state index contributed by atoms with van der Waals surface area (Å²) in [5.74, 6) is -0.695. The maximum Gasteiger partial charge on any atom is 0.294 e. The molecule has 0 bridgehead atoms. The number of hydrogen-bond donors (Lipinski definition) is 10. The summed E-state index contributed by atoms with van der Waals surface area (Å²) in [6.45, 7) is 3.88. The molecule has 0 unspecified atom stereocenters. The number of H-pyrrole nitrogens is 6. The van der Waals surface area contributed by atoms with Gasteiger partial charge in [0.25, 0.3) is 38.8 Å². The van der Waals surface area contributed by atoms with E-state index in [2.05, 4.69) is 180 Å². The zero-order chi connectivity index (χ0) is 94.4. The standard InChI is InChI=1S/2C21H18BrClN2O3.2C19H17BrN2O2.C12H14N2O2.C11H12N2O2.2CH4/c2*22-17-7-3-1-6-15(17)21-20-16(14-5-2-4-8-18(14)24-20)9-13(11-28-12-26)25(21)19(27)10-23;2*20-16-7-3-1-6-14(16)18-19-15(9-12(21-18)10-24-11-23)13-5-2-4-8-17(13)22-19;13-10(7-16-8-15)5-9-6-14-12-4-2-1-3-11(9)12;12-11(15-7-14)5-8-6-13-10-4-2-1-3-9(8)10;;/h2*1-8,12-13,21,24H,9-11H2;2*1-8,11-12,18,21-22H,9-10H2;1-4,6,8,10,14H,5,7,13H2;1-4,6-7,11,13H,5,12H2;2*1H4/t13-,21+;13-,21-;12-,18+;12-,18-;10-;11-;;/m111110../s1. The highest BCUT2D eigenvalue weighted by Gasteiger charge is 2.44. The number of fused-ring (bicyclic) bond motifs is 14. The first-order valence-corrected chi connectivity index (χ1v) is 47.8. The molecule has 4 aliphatic rings. The number of nitrogens with zero attached hydrogens (tertiary/aromatic N) is 2. The summed E-state index contributed by atoms with van der Waals surface area (Å²) in [5.41, 5.74) is 33.5. The van der Waals surface area contributed by atoms with E-state index < -0.39 is 6.23 Å². The van der Waals surface area contributed by atoms with E-state index in [9.17, 15) is 38.4 Å². The second-order valence-corrected chi connectivity index (χ2v) is 36.5. The fourth-order valence-corrected chi connectivity index (χ4v) is 20.9. The van der Waals surface area contributed by atoms with Crippen molar-refractivity contribution in [1.82, 2.24) is 50.3 Å². The van der Waals surface area contributed by atoms with Gasteiger partial charge in [0.15, 0.2) is 6.23 Å². The van der Waals surface area contributed by atoms with Crippen molar-refractivity contribution >= 4 is 203 Å². The fourth-order valence-electron chi connectivity index (χ4n) is 18.6. The van der Waals surface area contributed by atoms with Crippen LogP contribution in [0.1, 0.15) is 117 Å². The number of para-hydroxylation sites is 6. The molecule has 16 aromatic rings. The number of aromatic nitrogens is 6. The second-order valence-electron chi connectivity index (χ2n) is 32.5. The zero-order valence-electron chi connectivity index (χ0n) is 72.7. The zero-order valence-corrected chi connectivity index (χ0v) is 80.6. The predicted molar refractivity (Wildman–Crippen MR) is 549 cm³/mol. The smallest absolute Gasteiger partial charge is 0.294 e. The lowest BCUT2D eigenvalue weighted by atomic mass is 9.88. The van der Waals surface area contributed by atoms with E-state index in [1.807, 2.05) is 188 Å². The van der Waals surface area contributed by atoms with Crippen LogP contribution in [0.3, 0.4) is 0 Å². The molecule has 0 spiro atoms. The third-order valence-corrected chi connectivity index (χ3v) is 27.7. The number of amides is 2. The van der Waals surface area contributed by atoms with Gasteiger partial charge >= 0.3 is 0 Å². The van der Waals surface area contributed by atoms with E-state index in [0.29, 0.717) is 77.7 Å². The van der Waals surface area contributed by atoms with Gasteiger partial charge in [-0.2, -0.15) is 0 Å². The number of carbonyl (C=O) groups excluding carboxylic acids is 8. The Morgan fingerprint density at radius 1 is 0.365 bits per heavy atom. The molecule has 6 aromatic heterocycles. The number of carbonyl (C=O) groups is 8. The third-order valence-electron chi connectivity index (χ3n) is 24.4. The Balaban J connectivity index is 0.000000140. The first-order valence-electron chi connectivity index (χ1n) is 43.6. The van der Waals surface area contributed by atoms with Crippen molar-refractivity contribution in [3.8, 4) is 0 Å². The summed E-state index contributed by atoms with van der Waals surface area (Å²) in [5, 5.41) is 14.2. The van der Waals surface area contributed by atoms with Crippen molar-refractivity contribution < 1.29 is 66.8 Å². The number of aromatic amines is 6. The average molecular weight is 2150 g/mol. The number of alkyl halides is 2. The second kappa shape index (κ2) is 49.0. The van der Waals surface area contributed by atoms with Gasteiger partial charge in [-0.15, -0.1) is 23.2 Å². The maximum atomic E-state index is 12.9. The molecule has 0 aliphatic carbocycles. The van der Waals surface area contributed by atoms with Crippen LogP contribution in [0.15, 0.2) is 273 Å². The van der Waals surface area contributed by atoms with Gasteiger partial charge in [0.2, 0.25) is 11.8 Å². The van der Waals surface area contributed by atoms with Gasteiger partial charge < -0.3 is 73.9 Å². The molecule has 0 fully saturated rings. The minimum absolute atomic E-state index is 0. The van der Waals surface area contributed by atoms with Gasteiger partial charge in [0.1, 0.15) is 44.8 Å². The normalized spacial score (nSPS) is 17.5. The number of hydrogen-bond acceptors (Lipinski definition) is 18. The monoisotopic (exact) mass is 2140 g/mol. The Hall–Kier alpha value is -12.5. The number of rotatable bonds is 27. The van der Waals surface area contributed by atoms with Crippen LogP contribution in [0.4, 0.5) is 0 Å². The summed E-state index contributed by atoms with van der Waals surface area (Å²) in [6, 6.07) is 79.5. The van der Waals surface area contributed by atoms with E-state index >= 15 is 0 Å². The van der Waals surface area contributed by atoms with Crippen LogP contribution in [0.5, 0.6) is 0 Å². The lowest BCUT2D eigenvalue weighted by Crippen LogP contribution is -2.50. The summed E-state index contributed by atoms with van der Waals surface area (Å²) in [7, 11) is 0. The topological polar surface area (TPSA) is 369 Å². The third kappa shape index (κ3) is 23.5. The van der Waals surface area contributed by atoms with E-state index in [1.54, 1.807) is 9.80 Å². The number of ether oxygens (including phenoxy) is 6. The molecule has 0 saturated carbocycles. The van der Waals surface area contributed by atoms with Crippen molar-refractivity contribution in [2.24, 2.45) is 11.5 Å². The Kier molecular flexibility index (Phi) is 36.5. The first kappa shape index (κ1) is 102. The van der Waals surface area contributed by atoms with Crippen molar-refractivity contribution in [3.05, 3.63) is 351 Å². The molecular weight excluding hydrogens is 2040 g/mol. The molecule has 26 nitrogen and oxygen atoms in total. The predicted octanol–water partition coefficient (Wildman–Crippen LogP) is 19.4. The molecule has 4 aliphatic heterocycles. The average Bonchev–Trinajstić information content (AvgIpc) is 1.53. The lowest BCUT2D eigenvalue weighted by molar-refractivity contribution is -0.139. The largest absolute Gasteiger partial charge is 0.466 e. The Bertz CT molecular complexity index is 6530. The van der Waals surface area contributed by atoms with Crippen LogP contribution in [0.2, 0.25) is 0 Å². The van der Waals surface area contributed by atoms with Crippen molar-refractivity contribution in [1.29, 1.82) is 0 Å². The molecule has 10 heterocycles. The maximum absolute atomic E-state index is 12.9. The van der Waals surface area contributed by atoms with Crippen molar-refractivity contribution in [2.75, 3.05) is 44.8 Å². The fraction of sp³-hybridized carbons (Fsp3) is 0.238. The molecule has 2 amide bonds. The minimum Gasteiger partial charge on any atom is -0.466 e. The number of nitrogens with two attached hydrogens (primary N) is 2.